The lowest BCUT2D eigenvalue weighted by molar-refractivity contribution is -0.114. The van der Waals surface area contributed by atoms with Gasteiger partial charge in [0.1, 0.15) is 11.6 Å². The van der Waals surface area contributed by atoms with Crippen LogP contribution in [-0.4, -0.2) is 21.8 Å². The first-order valence-electron chi connectivity index (χ1n) is 7.02. The maximum absolute atomic E-state index is 12.0. The normalized spacial score (nSPS) is 10.4. The first-order valence-corrected chi connectivity index (χ1v) is 8.78. The molecule has 0 aliphatic rings. The molecule has 0 spiro atoms. The maximum atomic E-state index is 12.0. The Morgan fingerprint density at radius 3 is 2.67 bits per heavy atom. The van der Waals surface area contributed by atoms with Crippen molar-refractivity contribution in [2.45, 2.75) is 13.5 Å². The van der Waals surface area contributed by atoms with Crippen LogP contribution in [0.5, 0.6) is 0 Å². The number of rotatable bonds is 5. The van der Waals surface area contributed by atoms with Crippen LogP contribution in [0.15, 0.2) is 41.1 Å². The molecule has 1 amide bonds. The van der Waals surface area contributed by atoms with Gasteiger partial charge in [-0.3, -0.25) is 4.79 Å². The van der Waals surface area contributed by atoms with E-state index in [-0.39, 0.29) is 18.2 Å². The molecule has 0 bridgehead atoms. The summed E-state index contributed by atoms with van der Waals surface area (Å²) in [5.41, 5.74) is 1.88. The number of ether oxygens (including phenoxy) is 1. The van der Waals surface area contributed by atoms with Crippen molar-refractivity contribution in [2.75, 3.05) is 5.32 Å². The highest BCUT2D eigenvalue weighted by molar-refractivity contribution is 7.14. The highest BCUT2D eigenvalue weighted by atomic mass is 32.1. The molecule has 0 radical (unpaired) electrons. The molecular formula is C16H13N3O3S2. The molecular weight excluding hydrogens is 346 g/mol. The summed E-state index contributed by atoms with van der Waals surface area (Å²) in [6.07, 6.45) is 0. The molecule has 24 heavy (non-hydrogen) atoms. The fourth-order valence-corrected chi connectivity index (χ4v) is 3.41. The Kier molecular flexibility index (Phi) is 4.97. The molecule has 0 saturated carbocycles. The Morgan fingerprint density at radius 1 is 1.12 bits per heavy atom. The largest absolute Gasteiger partial charge is 0.454 e. The summed E-state index contributed by atoms with van der Waals surface area (Å²) in [6, 6.07) is 9.81. The number of aromatic nitrogens is 2. The van der Waals surface area contributed by atoms with Gasteiger partial charge in [0.15, 0.2) is 10.8 Å². The van der Waals surface area contributed by atoms with E-state index in [1.54, 1.807) is 5.38 Å². The zero-order chi connectivity index (χ0) is 16.9. The van der Waals surface area contributed by atoms with Crippen LogP contribution in [-0.2, 0) is 16.1 Å². The van der Waals surface area contributed by atoms with Crippen LogP contribution in [0.2, 0.25) is 0 Å². The van der Waals surface area contributed by atoms with Crippen molar-refractivity contribution in [1.82, 2.24) is 9.97 Å². The van der Waals surface area contributed by atoms with E-state index in [2.05, 4.69) is 15.3 Å². The highest BCUT2D eigenvalue weighted by Gasteiger charge is 2.14. The van der Waals surface area contributed by atoms with Gasteiger partial charge in [0.2, 0.25) is 5.91 Å². The van der Waals surface area contributed by atoms with Crippen molar-refractivity contribution < 1.29 is 14.3 Å². The van der Waals surface area contributed by atoms with Crippen LogP contribution in [0.1, 0.15) is 23.1 Å². The summed E-state index contributed by atoms with van der Waals surface area (Å²) in [5, 5.41) is 7.18. The minimum atomic E-state index is -0.544. The summed E-state index contributed by atoms with van der Waals surface area (Å²) in [5.74, 6) is -0.780. The second-order valence-electron chi connectivity index (χ2n) is 4.81. The van der Waals surface area contributed by atoms with Gasteiger partial charge in [0, 0.05) is 23.2 Å². The lowest BCUT2D eigenvalue weighted by Gasteiger charge is -2.00. The molecule has 0 saturated heterocycles. The van der Waals surface area contributed by atoms with Crippen molar-refractivity contribution in [3.05, 3.63) is 52.5 Å². The van der Waals surface area contributed by atoms with Crippen molar-refractivity contribution in [3.63, 3.8) is 0 Å². The summed E-state index contributed by atoms with van der Waals surface area (Å²) in [4.78, 5) is 31.4. The first-order chi connectivity index (χ1) is 11.6. The maximum Gasteiger partial charge on any atom is 0.358 e. The SMILES string of the molecule is CC(=O)Nc1nc(C(=O)OCc2csc(-c3ccccc3)n2)cs1. The van der Waals surface area contributed by atoms with E-state index in [9.17, 15) is 9.59 Å². The number of nitrogens with one attached hydrogen (secondary N) is 1. The van der Waals surface area contributed by atoms with Gasteiger partial charge >= 0.3 is 5.97 Å². The third-order valence-corrected chi connectivity index (χ3v) is 4.62. The van der Waals surface area contributed by atoms with Crippen molar-refractivity contribution >= 4 is 39.7 Å². The monoisotopic (exact) mass is 359 g/mol. The number of thiazole rings is 2. The molecule has 2 aromatic heterocycles. The van der Waals surface area contributed by atoms with Gasteiger partial charge in [-0.05, 0) is 0 Å². The number of hydrogen-bond acceptors (Lipinski definition) is 7. The van der Waals surface area contributed by atoms with E-state index < -0.39 is 5.97 Å². The quantitative estimate of drug-likeness (QED) is 0.704. The lowest BCUT2D eigenvalue weighted by Crippen LogP contribution is -2.08. The number of carbonyl (C=O) groups excluding carboxylic acids is 2. The van der Waals surface area contributed by atoms with Gasteiger partial charge in [0.25, 0.3) is 0 Å². The minimum Gasteiger partial charge on any atom is -0.454 e. The number of amides is 1. The highest BCUT2D eigenvalue weighted by Crippen LogP contribution is 2.24. The van der Waals surface area contributed by atoms with Crippen molar-refractivity contribution in [2.24, 2.45) is 0 Å². The topological polar surface area (TPSA) is 81.2 Å². The molecule has 8 heteroatoms. The lowest BCUT2D eigenvalue weighted by atomic mass is 10.2. The first kappa shape index (κ1) is 16.3. The van der Waals surface area contributed by atoms with Gasteiger partial charge in [-0.2, -0.15) is 0 Å². The zero-order valence-corrected chi connectivity index (χ0v) is 14.3. The standard InChI is InChI=1S/C16H13N3O3S2/c1-10(20)17-16-19-13(9-24-16)15(21)22-7-12-8-23-14(18-12)11-5-3-2-4-6-11/h2-6,8-9H,7H2,1H3,(H,17,19,20). The molecule has 0 fully saturated rings. The van der Waals surface area contributed by atoms with E-state index >= 15 is 0 Å². The Labute approximate surface area is 146 Å². The van der Waals surface area contributed by atoms with E-state index in [0.717, 1.165) is 10.6 Å². The summed E-state index contributed by atoms with van der Waals surface area (Å²) in [7, 11) is 0. The Bertz CT molecular complexity index is 858. The number of hydrogen-bond donors (Lipinski definition) is 1. The molecule has 0 unspecified atom stereocenters. The predicted molar refractivity (Wildman–Crippen MR) is 93.1 cm³/mol. The molecule has 1 N–H and O–H groups in total. The number of anilines is 1. The van der Waals surface area contributed by atoms with Gasteiger partial charge < -0.3 is 10.1 Å². The fourth-order valence-electron chi connectivity index (χ4n) is 1.88. The molecule has 122 valence electrons. The van der Waals surface area contributed by atoms with Gasteiger partial charge in [-0.15, -0.1) is 22.7 Å². The number of esters is 1. The molecule has 6 nitrogen and oxygen atoms in total. The van der Waals surface area contributed by atoms with Crippen LogP contribution in [0.25, 0.3) is 10.6 Å². The summed E-state index contributed by atoms with van der Waals surface area (Å²) in [6.45, 7) is 1.46. The Balaban J connectivity index is 1.59. The Hall–Kier alpha value is -2.58. The summed E-state index contributed by atoms with van der Waals surface area (Å²) < 4.78 is 5.22. The fraction of sp³-hybridized carbons (Fsp3) is 0.125. The van der Waals surface area contributed by atoms with Crippen LogP contribution in [0, 0.1) is 0 Å². The van der Waals surface area contributed by atoms with Crippen molar-refractivity contribution in [3.8, 4) is 10.6 Å². The van der Waals surface area contributed by atoms with Gasteiger partial charge in [-0.1, -0.05) is 30.3 Å². The third-order valence-electron chi connectivity index (χ3n) is 2.92. The van der Waals surface area contributed by atoms with E-state index in [1.165, 1.54) is 29.6 Å². The second-order valence-corrected chi connectivity index (χ2v) is 6.52. The average molecular weight is 359 g/mol. The minimum absolute atomic E-state index is 0.0785. The smallest absolute Gasteiger partial charge is 0.358 e. The van der Waals surface area contributed by atoms with Crippen molar-refractivity contribution in [1.29, 1.82) is 0 Å². The molecule has 1 aromatic carbocycles. The van der Waals surface area contributed by atoms with Crippen LogP contribution in [0.4, 0.5) is 5.13 Å². The van der Waals surface area contributed by atoms with E-state index in [4.69, 9.17) is 4.74 Å². The second kappa shape index (κ2) is 7.33. The van der Waals surface area contributed by atoms with Crippen LogP contribution >= 0.6 is 22.7 Å². The molecule has 3 aromatic rings. The zero-order valence-electron chi connectivity index (χ0n) is 12.7. The van der Waals surface area contributed by atoms with E-state index in [1.807, 2.05) is 35.7 Å². The molecule has 2 heterocycles. The third kappa shape index (κ3) is 4.03. The molecule has 0 atom stereocenters. The molecule has 0 aliphatic carbocycles. The number of nitrogens with zero attached hydrogens (tertiary/aromatic N) is 2. The molecule has 3 rings (SSSR count). The van der Waals surface area contributed by atoms with Gasteiger partial charge in [0.05, 0.1) is 5.69 Å². The number of benzene rings is 1. The summed E-state index contributed by atoms with van der Waals surface area (Å²) >= 11 is 2.67. The average Bonchev–Trinajstić information content (AvgIpc) is 3.22. The molecule has 0 aliphatic heterocycles. The van der Waals surface area contributed by atoms with Crippen LogP contribution < -0.4 is 5.32 Å². The Morgan fingerprint density at radius 2 is 1.92 bits per heavy atom. The van der Waals surface area contributed by atoms with Gasteiger partial charge in [-0.25, -0.2) is 14.8 Å². The number of carbonyl (C=O) groups is 2. The van der Waals surface area contributed by atoms with Crippen LogP contribution in [0.3, 0.4) is 0 Å². The van der Waals surface area contributed by atoms with E-state index in [0.29, 0.717) is 10.8 Å². The predicted octanol–water partition coefficient (Wildman–Crippen LogP) is 3.58.